The molecule has 1 aliphatic heterocycles. The third-order valence-electron chi connectivity index (χ3n) is 3.75. The predicted molar refractivity (Wildman–Crippen MR) is 90.7 cm³/mol. The number of alkyl carbamates (subject to hydrolysis) is 1. The standard InChI is InChI=1S/C18H27NO6/c1-18(2,3)25-17(22)19-9-13-11-24-16(15(21)14(13)20)23-10-12-7-5-4-6-8-12/h4-8,13-16,20-21H,9-11H2,1-3H3,(H,19,22)/t13-,14-,15+,16-/m1/s1. The molecular weight excluding hydrogens is 326 g/mol. The van der Waals surface area contributed by atoms with Crippen molar-refractivity contribution in [3.8, 4) is 0 Å². The van der Waals surface area contributed by atoms with Crippen molar-refractivity contribution < 1.29 is 29.2 Å². The van der Waals surface area contributed by atoms with Crippen LogP contribution in [-0.2, 0) is 20.8 Å². The summed E-state index contributed by atoms with van der Waals surface area (Å²) < 4.78 is 16.2. The molecule has 4 atom stereocenters. The highest BCUT2D eigenvalue weighted by Gasteiger charge is 2.39. The van der Waals surface area contributed by atoms with Gasteiger partial charge in [-0.3, -0.25) is 0 Å². The van der Waals surface area contributed by atoms with Gasteiger partial charge >= 0.3 is 6.09 Å². The average Bonchev–Trinajstić information content (AvgIpc) is 2.54. The Kier molecular flexibility index (Phi) is 6.78. The molecule has 7 heteroatoms. The molecule has 0 radical (unpaired) electrons. The molecule has 25 heavy (non-hydrogen) atoms. The van der Waals surface area contributed by atoms with Crippen molar-refractivity contribution in [3.05, 3.63) is 35.9 Å². The summed E-state index contributed by atoms with van der Waals surface area (Å²) in [5, 5.41) is 23.0. The van der Waals surface area contributed by atoms with E-state index in [1.807, 2.05) is 30.3 Å². The number of amides is 1. The fraction of sp³-hybridized carbons (Fsp3) is 0.611. The van der Waals surface area contributed by atoms with Gasteiger partial charge in [-0.05, 0) is 26.3 Å². The van der Waals surface area contributed by atoms with E-state index in [2.05, 4.69) is 5.32 Å². The number of aliphatic hydroxyl groups excluding tert-OH is 2. The van der Waals surface area contributed by atoms with Crippen LogP contribution in [0.15, 0.2) is 30.3 Å². The van der Waals surface area contributed by atoms with E-state index in [0.29, 0.717) is 0 Å². The van der Waals surface area contributed by atoms with E-state index in [0.717, 1.165) is 5.56 Å². The van der Waals surface area contributed by atoms with Crippen molar-refractivity contribution in [1.82, 2.24) is 5.32 Å². The topological polar surface area (TPSA) is 97.3 Å². The maximum absolute atomic E-state index is 11.7. The van der Waals surface area contributed by atoms with Crippen molar-refractivity contribution in [2.24, 2.45) is 5.92 Å². The number of carbonyl (C=O) groups is 1. The molecule has 0 spiro atoms. The quantitative estimate of drug-likeness (QED) is 0.741. The lowest BCUT2D eigenvalue weighted by molar-refractivity contribution is -0.262. The van der Waals surface area contributed by atoms with E-state index >= 15 is 0 Å². The molecule has 1 aromatic rings. The van der Waals surface area contributed by atoms with Crippen LogP contribution in [0.25, 0.3) is 0 Å². The van der Waals surface area contributed by atoms with Crippen molar-refractivity contribution in [3.63, 3.8) is 0 Å². The van der Waals surface area contributed by atoms with E-state index < -0.39 is 36.1 Å². The van der Waals surface area contributed by atoms with E-state index in [1.165, 1.54) is 0 Å². The molecular formula is C18H27NO6. The number of nitrogens with one attached hydrogen (secondary N) is 1. The molecule has 140 valence electrons. The Balaban J connectivity index is 1.78. The highest BCUT2D eigenvalue weighted by molar-refractivity contribution is 5.67. The Bertz CT molecular complexity index is 544. The van der Waals surface area contributed by atoms with Gasteiger partial charge in [0.25, 0.3) is 0 Å². The third-order valence-corrected chi connectivity index (χ3v) is 3.75. The second-order valence-corrected chi connectivity index (χ2v) is 7.12. The van der Waals surface area contributed by atoms with Crippen LogP contribution in [0, 0.1) is 5.92 Å². The minimum absolute atomic E-state index is 0.137. The monoisotopic (exact) mass is 353 g/mol. The number of hydrogen-bond acceptors (Lipinski definition) is 6. The molecule has 1 amide bonds. The Labute approximate surface area is 147 Å². The van der Waals surface area contributed by atoms with Crippen molar-refractivity contribution >= 4 is 6.09 Å². The number of aliphatic hydroxyl groups is 2. The van der Waals surface area contributed by atoms with E-state index in [1.54, 1.807) is 20.8 Å². The second kappa shape index (κ2) is 8.62. The van der Waals surface area contributed by atoms with Gasteiger partial charge in [0.15, 0.2) is 6.29 Å². The van der Waals surface area contributed by atoms with Crippen LogP contribution in [0.2, 0.25) is 0 Å². The first-order valence-corrected chi connectivity index (χ1v) is 8.36. The van der Waals surface area contributed by atoms with Crippen LogP contribution in [0.3, 0.4) is 0 Å². The van der Waals surface area contributed by atoms with Gasteiger partial charge in [-0.2, -0.15) is 0 Å². The van der Waals surface area contributed by atoms with Gasteiger partial charge in [-0.1, -0.05) is 30.3 Å². The lowest BCUT2D eigenvalue weighted by Crippen LogP contribution is -2.54. The van der Waals surface area contributed by atoms with Gasteiger partial charge in [0, 0.05) is 12.5 Å². The highest BCUT2D eigenvalue weighted by atomic mass is 16.7. The van der Waals surface area contributed by atoms with Gasteiger partial charge in [0.1, 0.15) is 11.7 Å². The minimum Gasteiger partial charge on any atom is -0.444 e. The molecule has 0 aromatic heterocycles. The maximum Gasteiger partial charge on any atom is 0.407 e. The second-order valence-electron chi connectivity index (χ2n) is 7.12. The molecule has 0 aliphatic carbocycles. The molecule has 1 saturated heterocycles. The van der Waals surface area contributed by atoms with Gasteiger partial charge in [0.2, 0.25) is 0 Å². The van der Waals surface area contributed by atoms with E-state index in [9.17, 15) is 15.0 Å². The SMILES string of the molecule is CC(C)(C)OC(=O)NC[C@@H]1CO[C@@H](OCc2ccccc2)[C@@H](O)[C@@H]1O. The lowest BCUT2D eigenvalue weighted by atomic mass is 9.95. The van der Waals surface area contributed by atoms with Gasteiger partial charge < -0.3 is 29.7 Å². The molecule has 7 nitrogen and oxygen atoms in total. The minimum atomic E-state index is -1.19. The molecule has 0 bridgehead atoms. The van der Waals surface area contributed by atoms with Crippen molar-refractivity contribution in [1.29, 1.82) is 0 Å². The van der Waals surface area contributed by atoms with Crippen molar-refractivity contribution in [2.45, 2.75) is 51.5 Å². The first kappa shape index (κ1) is 19.7. The number of benzene rings is 1. The predicted octanol–water partition coefficient (Wildman–Crippen LogP) is 1.42. The highest BCUT2D eigenvalue weighted by Crippen LogP contribution is 2.22. The van der Waals surface area contributed by atoms with E-state index in [-0.39, 0.29) is 19.8 Å². The first-order chi connectivity index (χ1) is 11.8. The molecule has 3 N–H and O–H groups in total. The van der Waals surface area contributed by atoms with Crippen LogP contribution in [0.4, 0.5) is 4.79 Å². The van der Waals surface area contributed by atoms with Crippen LogP contribution in [-0.4, -0.2) is 53.6 Å². The summed E-state index contributed by atoms with van der Waals surface area (Å²) in [4.78, 5) is 11.7. The Morgan fingerprint density at radius 1 is 1.24 bits per heavy atom. The molecule has 1 fully saturated rings. The smallest absolute Gasteiger partial charge is 0.407 e. The Morgan fingerprint density at radius 2 is 1.92 bits per heavy atom. The summed E-state index contributed by atoms with van der Waals surface area (Å²) in [7, 11) is 0. The number of carbonyl (C=O) groups excluding carboxylic acids is 1. The summed E-state index contributed by atoms with van der Waals surface area (Å²) in [5.74, 6) is -0.445. The molecule has 1 heterocycles. The number of ether oxygens (including phenoxy) is 3. The van der Waals surface area contributed by atoms with Crippen molar-refractivity contribution in [2.75, 3.05) is 13.2 Å². The summed E-state index contributed by atoms with van der Waals surface area (Å²) in [5.41, 5.74) is 0.350. The molecule has 0 saturated carbocycles. The zero-order valence-corrected chi connectivity index (χ0v) is 14.8. The maximum atomic E-state index is 11.7. The van der Waals surface area contributed by atoms with Gasteiger partial charge in [-0.25, -0.2) is 4.79 Å². The Morgan fingerprint density at radius 3 is 2.56 bits per heavy atom. The zero-order valence-electron chi connectivity index (χ0n) is 14.8. The Hall–Kier alpha value is -1.67. The fourth-order valence-electron chi connectivity index (χ4n) is 2.46. The molecule has 1 aliphatic rings. The first-order valence-electron chi connectivity index (χ1n) is 8.36. The summed E-state index contributed by atoms with van der Waals surface area (Å²) in [6.07, 6.45) is -3.74. The third kappa shape index (κ3) is 6.28. The number of rotatable bonds is 5. The largest absolute Gasteiger partial charge is 0.444 e. The fourth-order valence-corrected chi connectivity index (χ4v) is 2.46. The van der Waals surface area contributed by atoms with Crippen LogP contribution >= 0.6 is 0 Å². The van der Waals surface area contributed by atoms with E-state index in [4.69, 9.17) is 14.2 Å². The summed E-state index contributed by atoms with van der Waals surface area (Å²) >= 11 is 0. The normalized spacial score (nSPS) is 26.9. The summed E-state index contributed by atoms with van der Waals surface area (Å²) in [6.45, 7) is 5.87. The molecule has 2 rings (SSSR count). The molecule has 1 aromatic carbocycles. The van der Waals surface area contributed by atoms with Gasteiger partial charge in [0.05, 0.1) is 19.3 Å². The summed E-state index contributed by atoms with van der Waals surface area (Å²) in [6, 6.07) is 9.49. The van der Waals surface area contributed by atoms with Crippen LogP contribution < -0.4 is 5.32 Å². The molecule has 0 unspecified atom stereocenters. The number of hydrogen-bond donors (Lipinski definition) is 3. The lowest BCUT2D eigenvalue weighted by Gasteiger charge is -2.37. The van der Waals surface area contributed by atoms with Crippen LogP contribution in [0.5, 0.6) is 0 Å². The van der Waals surface area contributed by atoms with Gasteiger partial charge in [-0.15, -0.1) is 0 Å². The zero-order chi connectivity index (χ0) is 18.4. The average molecular weight is 353 g/mol. The van der Waals surface area contributed by atoms with Crippen LogP contribution in [0.1, 0.15) is 26.3 Å².